The number of carbonyl (C=O) groups excluding carboxylic acids is 4. The summed E-state index contributed by atoms with van der Waals surface area (Å²) < 4.78 is 10.5. The molecule has 2 heterocycles. The van der Waals surface area contributed by atoms with E-state index in [1.165, 1.54) is 43.0 Å². The summed E-state index contributed by atoms with van der Waals surface area (Å²) in [7, 11) is 0. The first-order valence-corrected chi connectivity index (χ1v) is 8.91. The fraction of sp³-hybridized carbons (Fsp3) is 0.474. The van der Waals surface area contributed by atoms with Crippen molar-refractivity contribution in [2.24, 2.45) is 0 Å². The van der Waals surface area contributed by atoms with Gasteiger partial charge in [-0.05, 0) is 37.1 Å². The molecule has 0 aromatic heterocycles. The van der Waals surface area contributed by atoms with Gasteiger partial charge >= 0.3 is 5.97 Å². The highest BCUT2D eigenvalue weighted by molar-refractivity contribution is 6.23. The fourth-order valence-corrected chi connectivity index (χ4v) is 3.44. The van der Waals surface area contributed by atoms with Crippen molar-refractivity contribution in [3.63, 3.8) is 0 Å². The molecule has 1 aromatic carbocycles. The zero-order valence-corrected chi connectivity index (χ0v) is 15.3. The van der Waals surface area contributed by atoms with Gasteiger partial charge < -0.3 is 14.4 Å². The van der Waals surface area contributed by atoms with E-state index in [1.54, 1.807) is 0 Å². The number of rotatable bonds is 5. The minimum Gasteiger partial charge on any atom is -0.427 e. The van der Waals surface area contributed by atoms with Gasteiger partial charge in [0.1, 0.15) is 11.8 Å². The Morgan fingerprint density at radius 2 is 1.93 bits per heavy atom. The molecule has 2 unspecified atom stereocenters. The molecule has 27 heavy (non-hydrogen) atoms. The summed E-state index contributed by atoms with van der Waals surface area (Å²) in [5.41, 5.74) is 0.379. The lowest BCUT2D eigenvalue weighted by Crippen LogP contribution is -2.47. The quantitative estimate of drug-likeness (QED) is 0.438. The molecule has 0 bridgehead atoms. The second-order valence-corrected chi connectivity index (χ2v) is 6.68. The number of imide groups is 1. The van der Waals surface area contributed by atoms with Gasteiger partial charge in [-0.2, -0.15) is 0 Å². The number of ether oxygens (including phenoxy) is 2. The Bertz CT molecular complexity index is 754. The van der Waals surface area contributed by atoms with Crippen molar-refractivity contribution in [2.75, 3.05) is 18.1 Å². The summed E-state index contributed by atoms with van der Waals surface area (Å²) in [5.74, 6) is -1.20. The Kier molecular flexibility index (Phi) is 5.55. The minimum absolute atomic E-state index is 0.0587. The average molecular weight is 374 g/mol. The molecule has 3 amide bonds. The van der Waals surface area contributed by atoms with Gasteiger partial charge in [0.15, 0.2) is 0 Å². The maximum atomic E-state index is 12.9. The zero-order valence-electron chi connectivity index (χ0n) is 15.3. The molecule has 0 spiro atoms. The summed E-state index contributed by atoms with van der Waals surface area (Å²) in [6, 6.07) is 5.27. The molecule has 0 radical (unpaired) electrons. The van der Waals surface area contributed by atoms with E-state index in [9.17, 15) is 19.2 Å². The van der Waals surface area contributed by atoms with E-state index in [1.807, 2.05) is 0 Å². The lowest BCUT2D eigenvalue weighted by Gasteiger charge is -2.28. The van der Waals surface area contributed by atoms with Crippen LogP contribution < -0.4 is 9.64 Å². The summed E-state index contributed by atoms with van der Waals surface area (Å²) in [4.78, 5) is 51.0. The maximum Gasteiger partial charge on any atom is 0.308 e. The molecule has 144 valence electrons. The fourth-order valence-electron chi connectivity index (χ4n) is 3.44. The van der Waals surface area contributed by atoms with E-state index >= 15 is 0 Å². The van der Waals surface area contributed by atoms with Gasteiger partial charge in [-0.3, -0.25) is 19.2 Å². The smallest absolute Gasteiger partial charge is 0.308 e. The molecule has 2 fully saturated rings. The monoisotopic (exact) mass is 374 g/mol. The SMILES string of the molecule is CC(=O)Oc1ccc(N2C(=O)CC(N(CC3CCCO3)C(C)=O)C2=O)cc1. The summed E-state index contributed by atoms with van der Waals surface area (Å²) in [6.45, 7) is 3.63. The molecule has 2 aliphatic heterocycles. The van der Waals surface area contributed by atoms with Crippen LogP contribution in [0.25, 0.3) is 0 Å². The predicted molar refractivity (Wildman–Crippen MR) is 95.0 cm³/mol. The first-order valence-electron chi connectivity index (χ1n) is 8.91. The summed E-state index contributed by atoms with van der Waals surface area (Å²) in [6.07, 6.45) is 1.60. The number of hydrogen-bond donors (Lipinski definition) is 0. The second kappa shape index (κ2) is 7.87. The Morgan fingerprint density at radius 3 is 2.48 bits per heavy atom. The van der Waals surface area contributed by atoms with Crippen LogP contribution in [-0.4, -0.2) is 53.9 Å². The van der Waals surface area contributed by atoms with Crippen molar-refractivity contribution in [3.05, 3.63) is 24.3 Å². The third-order valence-corrected chi connectivity index (χ3v) is 4.68. The van der Waals surface area contributed by atoms with Crippen LogP contribution >= 0.6 is 0 Å². The highest BCUT2D eigenvalue weighted by Crippen LogP contribution is 2.28. The van der Waals surface area contributed by atoms with Crippen molar-refractivity contribution in [1.82, 2.24) is 4.90 Å². The number of carbonyl (C=O) groups is 4. The van der Waals surface area contributed by atoms with E-state index in [0.29, 0.717) is 24.6 Å². The van der Waals surface area contributed by atoms with Crippen LogP contribution in [0.2, 0.25) is 0 Å². The van der Waals surface area contributed by atoms with Crippen molar-refractivity contribution in [2.45, 2.75) is 45.3 Å². The highest BCUT2D eigenvalue weighted by Gasteiger charge is 2.44. The first kappa shape index (κ1) is 19.0. The van der Waals surface area contributed by atoms with Gasteiger partial charge in [-0.15, -0.1) is 0 Å². The lowest BCUT2D eigenvalue weighted by atomic mass is 10.1. The molecule has 0 saturated carbocycles. The van der Waals surface area contributed by atoms with Gasteiger partial charge in [-0.25, -0.2) is 4.90 Å². The molecule has 3 rings (SSSR count). The van der Waals surface area contributed by atoms with Crippen molar-refractivity contribution < 1.29 is 28.7 Å². The Balaban J connectivity index is 1.76. The third-order valence-electron chi connectivity index (χ3n) is 4.68. The number of nitrogens with zero attached hydrogens (tertiary/aromatic N) is 2. The van der Waals surface area contributed by atoms with Crippen LogP contribution in [0.5, 0.6) is 5.75 Å². The Hall–Kier alpha value is -2.74. The molecule has 8 nitrogen and oxygen atoms in total. The first-order chi connectivity index (χ1) is 12.9. The molecular weight excluding hydrogens is 352 g/mol. The highest BCUT2D eigenvalue weighted by atomic mass is 16.5. The molecule has 1 aromatic rings. The Morgan fingerprint density at radius 1 is 1.22 bits per heavy atom. The number of esters is 1. The van der Waals surface area contributed by atoms with Crippen molar-refractivity contribution >= 4 is 29.4 Å². The molecular formula is C19H22N2O6. The molecule has 2 aliphatic rings. The van der Waals surface area contributed by atoms with Crippen LogP contribution in [0.1, 0.15) is 33.1 Å². The van der Waals surface area contributed by atoms with E-state index in [-0.39, 0.29) is 24.3 Å². The van der Waals surface area contributed by atoms with Gasteiger partial charge in [0.2, 0.25) is 11.8 Å². The minimum atomic E-state index is -0.827. The number of benzene rings is 1. The van der Waals surface area contributed by atoms with Crippen molar-refractivity contribution in [1.29, 1.82) is 0 Å². The molecule has 0 aliphatic carbocycles. The van der Waals surface area contributed by atoms with Crippen LogP contribution in [0, 0.1) is 0 Å². The van der Waals surface area contributed by atoms with Crippen LogP contribution in [0.15, 0.2) is 24.3 Å². The lowest BCUT2D eigenvalue weighted by molar-refractivity contribution is -0.138. The number of hydrogen-bond acceptors (Lipinski definition) is 6. The van der Waals surface area contributed by atoms with Gasteiger partial charge in [0.05, 0.1) is 18.2 Å². The van der Waals surface area contributed by atoms with E-state index in [0.717, 1.165) is 17.7 Å². The van der Waals surface area contributed by atoms with Crippen LogP contribution in [0.3, 0.4) is 0 Å². The summed E-state index contributed by atoms with van der Waals surface area (Å²) in [5, 5.41) is 0. The Labute approximate surface area is 157 Å². The van der Waals surface area contributed by atoms with Crippen molar-refractivity contribution in [3.8, 4) is 5.75 Å². The normalized spacial score (nSPS) is 22.2. The topological polar surface area (TPSA) is 93.2 Å². The third kappa shape index (κ3) is 4.16. The summed E-state index contributed by atoms with van der Waals surface area (Å²) >= 11 is 0. The molecule has 2 saturated heterocycles. The van der Waals surface area contributed by atoms with E-state index in [4.69, 9.17) is 9.47 Å². The predicted octanol–water partition coefficient (Wildman–Crippen LogP) is 1.27. The largest absolute Gasteiger partial charge is 0.427 e. The molecule has 2 atom stereocenters. The van der Waals surface area contributed by atoms with Gasteiger partial charge in [0, 0.05) is 27.0 Å². The van der Waals surface area contributed by atoms with Crippen LogP contribution in [-0.2, 0) is 23.9 Å². The number of amides is 3. The maximum absolute atomic E-state index is 12.9. The second-order valence-electron chi connectivity index (χ2n) is 6.68. The van der Waals surface area contributed by atoms with E-state index in [2.05, 4.69) is 0 Å². The zero-order chi connectivity index (χ0) is 19.6. The average Bonchev–Trinajstić information content (AvgIpc) is 3.21. The molecule has 0 N–H and O–H groups in total. The van der Waals surface area contributed by atoms with Gasteiger partial charge in [-0.1, -0.05) is 0 Å². The van der Waals surface area contributed by atoms with Gasteiger partial charge in [0.25, 0.3) is 5.91 Å². The van der Waals surface area contributed by atoms with E-state index < -0.39 is 17.9 Å². The van der Waals surface area contributed by atoms with Crippen LogP contribution in [0.4, 0.5) is 5.69 Å². The number of anilines is 1. The standard InChI is InChI=1S/C19H22N2O6/c1-12(22)20(11-16-4-3-9-26-16)17-10-18(24)21(19(17)25)14-5-7-15(8-6-14)27-13(2)23/h5-8,16-17H,3-4,9-11H2,1-2H3. The molecule has 8 heteroatoms.